The van der Waals surface area contributed by atoms with E-state index < -0.39 is 4.92 Å². The van der Waals surface area contributed by atoms with Crippen LogP contribution in [0, 0.1) is 10.1 Å². The molecule has 90 valence electrons. The second-order valence-corrected chi connectivity index (χ2v) is 4.62. The zero-order valence-electron chi connectivity index (χ0n) is 9.04. The molecule has 2 unspecified atom stereocenters. The summed E-state index contributed by atoms with van der Waals surface area (Å²) >= 11 is 5.93. The number of aromatic hydroxyl groups is 1. The smallest absolute Gasteiger partial charge is 0.311 e. The van der Waals surface area contributed by atoms with E-state index in [1.807, 2.05) is 12.2 Å². The molecule has 4 nitrogen and oxygen atoms in total. The van der Waals surface area contributed by atoms with Crippen molar-refractivity contribution in [2.75, 3.05) is 0 Å². The van der Waals surface area contributed by atoms with Crippen molar-refractivity contribution in [2.45, 2.75) is 24.1 Å². The van der Waals surface area contributed by atoms with Gasteiger partial charge in [0.05, 0.1) is 10.3 Å². The van der Waals surface area contributed by atoms with Gasteiger partial charge in [0.2, 0.25) is 0 Å². The molecule has 1 N–H and O–H groups in total. The molecule has 1 aliphatic rings. The van der Waals surface area contributed by atoms with Crippen molar-refractivity contribution in [3.8, 4) is 5.75 Å². The summed E-state index contributed by atoms with van der Waals surface area (Å²) in [6.07, 6.45) is 5.37. The summed E-state index contributed by atoms with van der Waals surface area (Å²) in [5.74, 6) is -0.231. The van der Waals surface area contributed by atoms with Crippen LogP contribution in [0.25, 0.3) is 0 Å². The molecule has 0 amide bonds. The lowest BCUT2D eigenvalue weighted by atomic mass is 9.88. The molecule has 0 bridgehead atoms. The van der Waals surface area contributed by atoms with E-state index in [1.165, 1.54) is 6.07 Å². The Bertz CT molecular complexity index is 473. The highest BCUT2D eigenvalue weighted by molar-refractivity contribution is 6.21. The maximum atomic E-state index is 10.7. The Morgan fingerprint density at radius 2 is 2.12 bits per heavy atom. The molecule has 0 aromatic heterocycles. The van der Waals surface area contributed by atoms with Crippen LogP contribution >= 0.6 is 11.6 Å². The van der Waals surface area contributed by atoms with Crippen LogP contribution in [0.2, 0.25) is 0 Å². The fraction of sp³-hybridized carbons (Fsp3) is 0.333. The second kappa shape index (κ2) is 4.75. The fourth-order valence-electron chi connectivity index (χ4n) is 2.04. The first kappa shape index (κ1) is 11.9. The molecule has 1 aromatic rings. The number of hydrogen-bond donors (Lipinski definition) is 1. The Morgan fingerprint density at radius 3 is 2.71 bits per heavy atom. The Labute approximate surface area is 104 Å². The normalized spacial score (nSPS) is 23.6. The van der Waals surface area contributed by atoms with Crippen molar-refractivity contribution >= 4 is 17.3 Å². The van der Waals surface area contributed by atoms with Crippen LogP contribution in [0.3, 0.4) is 0 Å². The summed E-state index contributed by atoms with van der Waals surface area (Å²) in [7, 11) is 0. The van der Waals surface area contributed by atoms with Crippen LogP contribution in [0.4, 0.5) is 5.69 Å². The highest BCUT2D eigenvalue weighted by Crippen LogP contribution is 2.38. The minimum Gasteiger partial charge on any atom is -0.502 e. The SMILES string of the molecule is O=[N+]([O-])c1cccc(C2C=CC(Cl)CC2)c1O. The maximum absolute atomic E-state index is 10.7. The summed E-state index contributed by atoms with van der Waals surface area (Å²) in [4.78, 5) is 10.1. The molecule has 0 spiro atoms. The van der Waals surface area contributed by atoms with Crippen molar-refractivity contribution < 1.29 is 10.0 Å². The van der Waals surface area contributed by atoms with Gasteiger partial charge in [-0.15, -0.1) is 11.6 Å². The highest BCUT2D eigenvalue weighted by Gasteiger charge is 2.23. The number of nitro benzene ring substituents is 1. The number of nitrogens with zero attached hydrogens (tertiary/aromatic N) is 1. The first-order chi connectivity index (χ1) is 8.09. The summed E-state index contributed by atoms with van der Waals surface area (Å²) in [5.41, 5.74) is 0.350. The number of allylic oxidation sites excluding steroid dienone is 2. The molecule has 1 aromatic carbocycles. The van der Waals surface area contributed by atoms with Crippen molar-refractivity contribution in [3.63, 3.8) is 0 Å². The Hall–Kier alpha value is -1.55. The van der Waals surface area contributed by atoms with E-state index in [4.69, 9.17) is 11.6 Å². The zero-order chi connectivity index (χ0) is 12.4. The number of nitro groups is 1. The molecule has 0 aliphatic heterocycles. The maximum Gasteiger partial charge on any atom is 0.311 e. The molecule has 5 heteroatoms. The van der Waals surface area contributed by atoms with Gasteiger partial charge in [0.1, 0.15) is 0 Å². The van der Waals surface area contributed by atoms with E-state index >= 15 is 0 Å². The number of phenolic OH excluding ortho intramolecular Hbond substituents is 1. The lowest BCUT2D eigenvalue weighted by Gasteiger charge is -2.20. The number of benzene rings is 1. The number of para-hydroxylation sites is 1. The van der Waals surface area contributed by atoms with Crippen molar-refractivity contribution in [3.05, 3.63) is 46.0 Å². The van der Waals surface area contributed by atoms with Gasteiger partial charge in [-0.2, -0.15) is 0 Å². The van der Waals surface area contributed by atoms with Gasteiger partial charge in [-0.1, -0.05) is 24.3 Å². The Balaban J connectivity index is 2.36. The van der Waals surface area contributed by atoms with Gasteiger partial charge in [0.15, 0.2) is 5.75 Å². The molecular formula is C12H12ClNO3. The highest BCUT2D eigenvalue weighted by atomic mass is 35.5. The van der Waals surface area contributed by atoms with Crippen LogP contribution in [-0.4, -0.2) is 15.4 Å². The van der Waals surface area contributed by atoms with E-state index in [-0.39, 0.29) is 22.7 Å². The van der Waals surface area contributed by atoms with Crippen LogP contribution in [0.5, 0.6) is 5.75 Å². The molecule has 0 heterocycles. The van der Waals surface area contributed by atoms with Crippen molar-refractivity contribution in [1.29, 1.82) is 0 Å². The summed E-state index contributed by atoms with van der Waals surface area (Å²) in [6, 6.07) is 4.61. The number of rotatable bonds is 2. The minimum absolute atomic E-state index is 0.00454. The average Bonchev–Trinajstić information content (AvgIpc) is 2.30. The third-order valence-corrected chi connectivity index (χ3v) is 3.31. The number of alkyl halides is 1. The Morgan fingerprint density at radius 1 is 1.35 bits per heavy atom. The van der Waals surface area contributed by atoms with Crippen molar-refractivity contribution in [2.24, 2.45) is 0 Å². The van der Waals surface area contributed by atoms with E-state index in [0.29, 0.717) is 5.56 Å². The largest absolute Gasteiger partial charge is 0.502 e. The monoisotopic (exact) mass is 253 g/mol. The molecule has 17 heavy (non-hydrogen) atoms. The Kier molecular flexibility index (Phi) is 3.33. The molecule has 1 aliphatic carbocycles. The molecule has 2 atom stereocenters. The average molecular weight is 254 g/mol. The number of hydrogen-bond acceptors (Lipinski definition) is 3. The predicted molar refractivity (Wildman–Crippen MR) is 65.5 cm³/mol. The lowest BCUT2D eigenvalue weighted by molar-refractivity contribution is -0.385. The van der Waals surface area contributed by atoms with E-state index in [1.54, 1.807) is 12.1 Å². The minimum atomic E-state index is -0.574. The van der Waals surface area contributed by atoms with Gasteiger partial charge in [-0.3, -0.25) is 10.1 Å². The topological polar surface area (TPSA) is 63.4 Å². The van der Waals surface area contributed by atoms with Crippen LogP contribution in [0.1, 0.15) is 24.3 Å². The molecular weight excluding hydrogens is 242 g/mol. The second-order valence-electron chi connectivity index (χ2n) is 4.06. The van der Waals surface area contributed by atoms with E-state index in [9.17, 15) is 15.2 Å². The molecule has 0 radical (unpaired) electrons. The molecule has 0 saturated carbocycles. The summed E-state index contributed by atoms with van der Waals surface area (Å²) < 4.78 is 0. The zero-order valence-corrected chi connectivity index (χ0v) is 9.80. The summed E-state index contributed by atoms with van der Waals surface area (Å²) in [5, 5.41) is 20.6. The van der Waals surface area contributed by atoms with Crippen LogP contribution in [0.15, 0.2) is 30.4 Å². The van der Waals surface area contributed by atoms with Gasteiger partial charge < -0.3 is 5.11 Å². The first-order valence-electron chi connectivity index (χ1n) is 5.38. The van der Waals surface area contributed by atoms with Crippen molar-refractivity contribution in [1.82, 2.24) is 0 Å². The standard InChI is InChI=1S/C12H12ClNO3/c13-9-6-4-8(5-7-9)10-2-1-3-11(12(10)15)14(16)17/h1-4,6,8-9,15H,5,7H2. The van der Waals surface area contributed by atoms with Crippen LogP contribution < -0.4 is 0 Å². The third-order valence-electron chi connectivity index (χ3n) is 2.95. The van der Waals surface area contributed by atoms with Gasteiger partial charge in [-0.05, 0) is 12.8 Å². The predicted octanol–water partition coefficient (Wildman–Crippen LogP) is 3.34. The van der Waals surface area contributed by atoms with Gasteiger partial charge in [0, 0.05) is 17.5 Å². The fourth-order valence-corrected chi connectivity index (χ4v) is 2.25. The summed E-state index contributed by atoms with van der Waals surface area (Å²) in [6.45, 7) is 0. The van der Waals surface area contributed by atoms with Gasteiger partial charge in [-0.25, -0.2) is 0 Å². The molecule has 0 fully saturated rings. The number of halogens is 1. The molecule has 2 rings (SSSR count). The quantitative estimate of drug-likeness (QED) is 0.380. The first-order valence-corrected chi connectivity index (χ1v) is 5.82. The van der Waals surface area contributed by atoms with Gasteiger partial charge in [0.25, 0.3) is 0 Å². The van der Waals surface area contributed by atoms with E-state index in [0.717, 1.165) is 12.8 Å². The lowest BCUT2D eigenvalue weighted by Crippen LogP contribution is -2.07. The number of phenols is 1. The molecule has 0 saturated heterocycles. The van der Waals surface area contributed by atoms with Crippen LogP contribution in [-0.2, 0) is 0 Å². The van der Waals surface area contributed by atoms with E-state index in [2.05, 4.69) is 0 Å². The third kappa shape index (κ3) is 2.42. The van der Waals surface area contributed by atoms with Gasteiger partial charge >= 0.3 is 5.69 Å².